The summed E-state index contributed by atoms with van der Waals surface area (Å²) < 4.78 is 38.8. The van der Waals surface area contributed by atoms with E-state index in [4.69, 9.17) is 0 Å². The van der Waals surface area contributed by atoms with E-state index in [0.29, 0.717) is 5.39 Å². The summed E-state index contributed by atoms with van der Waals surface area (Å²) in [6.07, 6.45) is -4.25. The van der Waals surface area contributed by atoms with E-state index < -0.39 is 12.0 Å². The third-order valence-electron chi connectivity index (χ3n) is 3.53. The Kier molecular flexibility index (Phi) is 4.44. The molecule has 0 radical (unpaired) electrons. The average Bonchev–Trinajstić information content (AvgIpc) is 2.85. The van der Waals surface area contributed by atoms with Gasteiger partial charge < -0.3 is 0 Å². The zero-order valence-corrected chi connectivity index (χ0v) is 13.2. The molecule has 2 amide bonds. The normalized spacial score (nSPS) is 15.5. The second-order valence-corrected chi connectivity index (χ2v) is 6.24. The maximum absolute atomic E-state index is 12.9. The van der Waals surface area contributed by atoms with E-state index in [2.05, 4.69) is 9.97 Å². The number of fused-ring (bicyclic) bond motifs is 1. The minimum absolute atomic E-state index is 0.155. The molecule has 2 heterocycles. The van der Waals surface area contributed by atoms with Crippen LogP contribution in [-0.2, 0) is 15.8 Å². The predicted molar refractivity (Wildman–Crippen MR) is 81.2 cm³/mol. The average molecular weight is 355 g/mol. The first-order chi connectivity index (χ1) is 11.4. The number of carbonyl (C=O) groups is 2. The third-order valence-corrected chi connectivity index (χ3v) is 4.50. The number of imide groups is 1. The van der Waals surface area contributed by atoms with Gasteiger partial charge in [-0.2, -0.15) is 13.2 Å². The number of rotatable bonds is 4. The Morgan fingerprint density at radius 3 is 2.42 bits per heavy atom. The van der Waals surface area contributed by atoms with Crippen molar-refractivity contribution in [2.75, 3.05) is 12.3 Å². The highest BCUT2D eigenvalue weighted by molar-refractivity contribution is 7.99. The van der Waals surface area contributed by atoms with Crippen molar-refractivity contribution in [1.29, 1.82) is 0 Å². The number of amides is 2. The molecule has 1 aliphatic rings. The molecule has 2 aromatic rings. The molecule has 1 aliphatic heterocycles. The van der Waals surface area contributed by atoms with E-state index in [9.17, 15) is 22.8 Å². The Bertz CT molecular complexity index is 794. The molecule has 1 aromatic heterocycles. The molecule has 0 unspecified atom stereocenters. The van der Waals surface area contributed by atoms with Gasteiger partial charge in [0.15, 0.2) is 0 Å². The van der Waals surface area contributed by atoms with Gasteiger partial charge in [-0.05, 0) is 6.07 Å². The fourth-order valence-electron chi connectivity index (χ4n) is 2.39. The van der Waals surface area contributed by atoms with Crippen LogP contribution in [0.25, 0.3) is 10.9 Å². The van der Waals surface area contributed by atoms with Crippen LogP contribution in [0.5, 0.6) is 0 Å². The molecule has 0 aliphatic carbocycles. The van der Waals surface area contributed by atoms with E-state index in [1.807, 2.05) is 0 Å². The van der Waals surface area contributed by atoms with Gasteiger partial charge in [-0.1, -0.05) is 18.2 Å². The molecular weight excluding hydrogens is 343 g/mol. The lowest BCUT2D eigenvalue weighted by Gasteiger charge is -2.14. The number of benzene rings is 1. The molecule has 1 fully saturated rings. The number of thioether (sulfide) groups is 1. The van der Waals surface area contributed by atoms with Crippen LogP contribution < -0.4 is 0 Å². The van der Waals surface area contributed by atoms with Crippen LogP contribution in [0.4, 0.5) is 13.2 Å². The van der Waals surface area contributed by atoms with Crippen molar-refractivity contribution in [3.63, 3.8) is 0 Å². The van der Waals surface area contributed by atoms with E-state index in [1.165, 1.54) is 6.07 Å². The number of nitrogens with zero attached hydrogens (tertiary/aromatic N) is 3. The summed E-state index contributed by atoms with van der Waals surface area (Å²) in [7, 11) is 0. The van der Waals surface area contributed by atoms with Gasteiger partial charge in [0.05, 0.1) is 5.52 Å². The topological polar surface area (TPSA) is 63.2 Å². The van der Waals surface area contributed by atoms with E-state index >= 15 is 0 Å². The van der Waals surface area contributed by atoms with Crippen molar-refractivity contribution in [2.45, 2.75) is 24.0 Å². The SMILES string of the molecule is O=C1CCC(=O)N1CCSc1nc(C(F)(F)F)nc2ccccc12. The Morgan fingerprint density at radius 1 is 1.08 bits per heavy atom. The summed E-state index contributed by atoms with van der Waals surface area (Å²) >= 11 is 1.07. The van der Waals surface area contributed by atoms with Crippen LogP contribution in [0, 0.1) is 0 Å². The molecule has 1 saturated heterocycles. The summed E-state index contributed by atoms with van der Waals surface area (Å²) in [4.78, 5) is 31.4. The minimum atomic E-state index is -4.64. The van der Waals surface area contributed by atoms with Crippen molar-refractivity contribution >= 4 is 34.5 Å². The zero-order chi connectivity index (χ0) is 17.3. The molecule has 0 spiro atoms. The van der Waals surface area contributed by atoms with Gasteiger partial charge in [-0.15, -0.1) is 11.8 Å². The predicted octanol–water partition coefficient (Wildman–Crippen LogP) is 2.89. The quantitative estimate of drug-likeness (QED) is 0.479. The van der Waals surface area contributed by atoms with Gasteiger partial charge in [-0.25, -0.2) is 9.97 Å². The van der Waals surface area contributed by atoms with Crippen molar-refractivity contribution in [3.8, 4) is 0 Å². The number of carbonyl (C=O) groups excluding carboxylic acids is 2. The molecule has 3 rings (SSSR count). The second kappa shape index (κ2) is 6.39. The number of aromatic nitrogens is 2. The van der Waals surface area contributed by atoms with Crippen LogP contribution in [0.15, 0.2) is 29.3 Å². The van der Waals surface area contributed by atoms with Crippen molar-refractivity contribution in [2.24, 2.45) is 0 Å². The molecule has 0 saturated carbocycles. The van der Waals surface area contributed by atoms with Crippen LogP contribution >= 0.6 is 11.8 Å². The number of alkyl halides is 3. The Balaban J connectivity index is 1.83. The van der Waals surface area contributed by atoms with Crippen molar-refractivity contribution in [1.82, 2.24) is 14.9 Å². The van der Waals surface area contributed by atoms with Gasteiger partial charge in [0.25, 0.3) is 0 Å². The number of halogens is 3. The zero-order valence-electron chi connectivity index (χ0n) is 12.3. The van der Waals surface area contributed by atoms with E-state index in [1.54, 1.807) is 18.2 Å². The van der Waals surface area contributed by atoms with E-state index in [-0.39, 0.29) is 47.5 Å². The maximum Gasteiger partial charge on any atom is 0.451 e. The standard InChI is InChI=1S/C15H12F3N3O2S/c16-15(17,18)14-19-10-4-2-1-3-9(10)13(20-14)24-8-7-21-11(22)5-6-12(21)23/h1-4H,5-8H2. The summed E-state index contributed by atoms with van der Waals surface area (Å²) in [5.41, 5.74) is 0.204. The summed E-state index contributed by atoms with van der Waals surface area (Å²) in [6, 6.07) is 6.43. The van der Waals surface area contributed by atoms with E-state index in [0.717, 1.165) is 16.7 Å². The largest absolute Gasteiger partial charge is 0.451 e. The third kappa shape index (κ3) is 3.35. The van der Waals surface area contributed by atoms with Crippen LogP contribution in [0.1, 0.15) is 18.7 Å². The van der Waals surface area contributed by atoms with Gasteiger partial charge in [-0.3, -0.25) is 14.5 Å². The molecule has 24 heavy (non-hydrogen) atoms. The lowest BCUT2D eigenvalue weighted by Crippen LogP contribution is -2.31. The first kappa shape index (κ1) is 16.7. The number of para-hydroxylation sites is 1. The minimum Gasteiger partial charge on any atom is -0.282 e. The van der Waals surface area contributed by atoms with Crippen LogP contribution in [0.3, 0.4) is 0 Å². The van der Waals surface area contributed by atoms with Gasteiger partial charge in [0, 0.05) is 30.5 Å². The highest BCUT2D eigenvalue weighted by Gasteiger charge is 2.35. The first-order valence-electron chi connectivity index (χ1n) is 7.16. The second-order valence-electron chi connectivity index (χ2n) is 5.15. The maximum atomic E-state index is 12.9. The first-order valence-corrected chi connectivity index (χ1v) is 8.15. The monoisotopic (exact) mass is 355 g/mol. The molecule has 0 bridgehead atoms. The number of likely N-dealkylation sites (tertiary alicyclic amines) is 1. The number of hydrogen-bond acceptors (Lipinski definition) is 5. The molecule has 0 atom stereocenters. The van der Waals surface area contributed by atoms with Gasteiger partial charge in [0.2, 0.25) is 17.6 Å². The highest BCUT2D eigenvalue weighted by atomic mass is 32.2. The van der Waals surface area contributed by atoms with Crippen molar-refractivity contribution in [3.05, 3.63) is 30.1 Å². The lowest BCUT2D eigenvalue weighted by atomic mass is 10.2. The lowest BCUT2D eigenvalue weighted by molar-refractivity contribution is -0.145. The Hall–Kier alpha value is -2.16. The smallest absolute Gasteiger partial charge is 0.282 e. The molecule has 5 nitrogen and oxygen atoms in total. The molecule has 1 aromatic carbocycles. The number of hydrogen-bond donors (Lipinski definition) is 0. The van der Waals surface area contributed by atoms with Crippen LogP contribution in [-0.4, -0.2) is 39.0 Å². The fourth-order valence-corrected chi connectivity index (χ4v) is 3.34. The molecule has 9 heteroatoms. The fraction of sp³-hybridized carbons (Fsp3) is 0.333. The summed E-state index contributed by atoms with van der Waals surface area (Å²) in [5, 5.41) is 0.696. The Labute approximate surface area is 139 Å². The molecule has 0 N–H and O–H groups in total. The Morgan fingerprint density at radius 2 is 1.75 bits per heavy atom. The molecular formula is C15H12F3N3O2S. The summed E-state index contributed by atoms with van der Waals surface area (Å²) in [6.45, 7) is 0.155. The summed E-state index contributed by atoms with van der Waals surface area (Å²) in [5.74, 6) is -1.42. The van der Waals surface area contributed by atoms with Gasteiger partial charge >= 0.3 is 6.18 Å². The highest BCUT2D eigenvalue weighted by Crippen LogP contribution is 2.32. The van der Waals surface area contributed by atoms with Crippen LogP contribution in [0.2, 0.25) is 0 Å². The van der Waals surface area contributed by atoms with Crippen molar-refractivity contribution < 1.29 is 22.8 Å². The molecule has 126 valence electrons. The van der Waals surface area contributed by atoms with Gasteiger partial charge in [0.1, 0.15) is 5.03 Å².